The molecule has 1 aliphatic heterocycles. The van der Waals surface area contributed by atoms with Crippen LogP contribution in [0.15, 0.2) is 30.6 Å². The van der Waals surface area contributed by atoms with Crippen molar-refractivity contribution < 1.29 is 9.90 Å². The molecule has 0 saturated carbocycles. The zero-order chi connectivity index (χ0) is 13.4. The molecular weight excluding hydrogens is 244 g/mol. The van der Waals surface area contributed by atoms with E-state index in [4.69, 9.17) is 0 Å². The quantitative estimate of drug-likeness (QED) is 0.780. The summed E-state index contributed by atoms with van der Waals surface area (Å²) in [6, 6.07) is 5.41. The fourth-order valence-corrected chi connectivity index (χ4v) is 2.49. The van der Waals surface area contributed by atoms with Gasteiger partial charge in [0.25, 0.3) is 5.91 Å². The molecule has 1 saturated heterocycles. The third-order valence-electron chi connectivity index (χ3n) is 3.63. The Morgan fingerprint density at radius 3 is 3.11 bits per heavy atom. The maximum absolute atomic E-state index is 12.5. The molecule has 2 N–H and O–H groups in total. The maximum atomic E-state index is 12.5. The van der Waals surface area contributed by atoms with Crippen molar-refractivity contribution in [2.24, 2.45) is 0 Å². The first-order valence-electron chi connectivity index (χ1n) is 6.27. The summed E-state index contributed by atoms with van der Waals surface area (Å²) in [6.45, 7) is 1.14. The summed E-state index contributed by atoms with van der Waals surface area (Å²) in [4.78, 5) is 14.1. The molecule has 0 aromatic carbocycles. The molecule has 19 heavy (non-hydrogen) atoms. The predicted octanol–water partition coefficient (Wildman–Crippen LogP) is -0.261. The number of likely N-dealkylation sites (N-methyl/N-ethyl adjacent to an activating group) is 1. The van der Waals surface area contributed by atoms with Crippen molar-refractivity contribution in [2.45, 2.75) is 12.1 Å². The summed E-state index contributed by atoms with van der Waals surface area (Å²) in [7, 11) is 1.72. The van der Waals surface area contributed by atoms with Gasteiger partial charge >= 0.3 is 0 Å². The van der Waals surface area contributed by atoms with Crippen LogP contribution in [0.3, 0.4) is 0 Å². The molecule has 1 amide bonds. The molecule has 0 aliphatic carbocycles. The van der Waals surface area contributed by atoms with Crippen molar-refractivity contribution >= 4 is 11.4 Å². The summed E-state index contributed by atoms with van der Waals surface area (Å²) in [6.07, 6.45) is 2.86. The first-order valence-corrected chi connectivity index (χ1v) is 6.27. The number of hydrogen-bond acceptors (Lipinski definition) is 4. The van der Waals surface area contributed by atoms with E-state index in [2.05, 4.69) is 10.4 Å². The first-order chi connectivity index (χ1) is 9.18. The van der Waals surface area contributed by atoms with Crippen LogP contribution in [-0.4, -0.2) is 57.8 Å². The van der Waals surface area contributed by atoms with E-state index in [1.165, 1.54) is 0 Å². The summed E-state index contributed by atoms with van der Waals surface area (Å²) in [5.74, 6) is -0.117. The molecule has 2 aromatic rings. The number of nitrogens with zero attached hydrogens (tertiary/aromatic N) is 3. The Morgan fingerprint density at radius 2 is 2.37 bits per heavy atom. The van der Waals surface area contributed by atoms with Crippen LogP contribution >= 0.6 is 0 Å². The summed E-state index contributed by atoms with van der Waals surface area (Å²) in [5, 5.41) is 17.1. The molecule has 0 spiro atoms. The standard InChI is InChI=1S/C13H16N4O2/c1-16(11-7-14-8-12(11)18)13(19)9-6-15-17-5-3-2-4-10(9)17/h2-6,11-12,14,18H,7-8H2,1H3/t11-,12-/m0/s1. The number of carbonyl (C=O) groups excluding carboxylic acids is 1. The lowest BCUT2D eigenvalue weighted by molar-refractivity contribution is 0.0583. The summed E-state index contributed by atoms with van der Waals surface area (Å²) < 4.78 is 1.67. The first kappa shape index (κ1) is 12.1. The molecule has 1 fully saturated rings. The number of amides is 1. The number of aliphatic hydroxyl groups is 1. The average molecular weight is 260 g/mol. The van der Waals surface area contributed by atoms with Gasteiger partial charge in [0.15, 0.2) is 0 Å². The number of aliphatic hydroxyl groups excluding tert-OH is 1. The Morgan fingerprint density at radius 1 is 1.53 bits per heavy atom. The highest BCUT2D eigenvalue weighted by molar-refractivity contribution is 6.00. The second-order valence-electron chi connectivity index (χ2n) is 4.80. The third kappa shape index (κ3) is 1.98. The SMILES string of the molecule is CN(C(=O)c1cnn2ccccc12)[C@H]1CNC[C@@H]1O. The molecule has 2 aromatic heterocycles. The van der Waals surface area contributed by atoms with E-state index in [1.54, 1.807) is 28.9 Å². The Bertz CT molecular complexity index is 609. The van der Waals surface area contributed by atoms with Gasteiger partial charge in [-0.3, -0.25) is 4.79 Å². The van der Waals surface area contributed by atoms with Crippen LogP contribution in [0.2, 0.25) is 0 Å². The molecule has 0 unspecified atom stereocenters. The van der Waals surface area contributed by atoms with Gasteiger partial charge in [-0.25, -0.2) is 4.52 Å². The smallest absolute Gasteiger partial charge is 0.257 e. The number of carbonyl (C=O) groups is 1. The number of rotatable bonds is 2. The van der Waals surface area contributed by atoms with E-state index < -0.39 is 6.10 Å². The molecule has 0 bridgehead atoms. The monoisotopic (exact) mass is 260 g/mol. The van der Waals surface area contributed by atoms with Crippen LogP contribution in [0.1, 0.15) is 10.4 Å². The highest BCUT2D eigenvalue weighted by atomic mass is 16.3. The predicted molar refractivity (Wildman–Crippen MR) is 70.0 cm³/mol. The Hall–Kier alpha value is -1.92. The fraction of sp³-hybridized carbons (Fsp3) is 0.385. The number of pyridine rings is 1. The summed E-state index contributed by atoms with van der Waals surface area (Å²) in [5.41, 5.74) is 1.34. The fourth-order valence-electron chi connectivity index (χ4n) is 2.49. The van der Waals surface area contributed by atoms with Gasteiger partial charge in [0.05, 0.1) is 29.4 Å². The second-order valence-corrected chi connectivity index (χ2v) is 4.80. The molecule has 3 rings (SSSR count). The third-order valence-corrected chi connectivity index (χ3v) is 3.63. The van der Waals surface area contributed by atoms with Gasteiger partial charge in [-0.15, -0.1) is 0 Å². The van der Waals surface area contributed by atoms with Crippen LogP contribution < -0.4 is 5.32 Å². The van der Waals surface area contributed by atoms with Crippen LogP contribution in [0.4, 0.5) is 0 Å². The number of hydrogen-bond donors (Lipinski definition) is 2. The topological polar surface area (TPSA) is 69.9 Å². The molecule has 0 radical (unpaired) electrons. The highest BCUT2D eigenvalue weighted by Gasteiger charge is 2.32. The number of β-amino-alcohol motifs (C(OH)–C–C–N with tert-alkyl or cyclic N) is 1. The van der Waals surface area contributed by atoms with Gasteiger partial charge in [-0.2, -0.15) is 5.10 Å². The van der Waals surface area contributed by atoms with Gasteiger partial charge in [-0.05, 0) is 12.1 Å². The van der Waals surface area contributed by atoms with Crippen LogP contribution in [0.25, 0.3) is 5.52 Å². The molecule has 6 heteroatoms. The van der Waals surface area contributed by atoms with E-state index in [0.29, 0.717) is 18.7 Å². The normalized spacial score (nSPS) is 22.8. The van der Waals surface area contributed by atoms with E-state index in [9.17, 15) is 9.90 Å². The van der Waals surface area contributed by atoms with Gasteiger partial charge < -0.3 is 15.3 Å². The average Bonchev–Trinajstić information content (AvgIpc) is 3.03. The van der Waals surface area contributed by atoms with Gasteiger partial charge in [0.2, 0.25) is 0 Å². The number of aromatic nitrogens is 2. The lowest BCUT2D eigenvalue weighted by Gasteiger charge is -2.26. The van der Waals surface area contributed by atoms with Gasteiger partial charge in [0.1, 0.15) is 0 Å². The molecule has 1 aliphatic rings. The maximum Gasteiger partial charge on any atom is 0.257 e. The molecular formula is C13H16N4O2. The van der Waals surface area contributed by atoms with E-state index in [0.717, 1.165) is 5.52 Å². The highest BCUT2D eigenvalue weighted by Crippen LogP contribution is 2.16. The summed E-state index contributed by atoms with van der Waals surface area (Å²) >= 11 is 0. The van der Waals surface area contributed by atoms with Crippen molar-refractivity contribution in [1.82, 2.24) is 19.8 Å². The van der Waals surface area contributed by atoms with Crippen molar-refractivity contribution in [2.75, 3.05) is 20.1 Å². The minimum Gasteiger partial charge on any atom is -0.390 e. The molecule has 100 valence electrons. The van der Waals surface area contributed by atoms with Crippen LogP contribution in [0.5, 0.6) is 0 Å². The van der Waals surface area contributed by atoms with E-state index in [-0.39, 0.29) is 11.9 Å². The molecule has 2 atom stereocenters. The van der Waals surface area contributed by atoms with Crippen molar-refractivity contribution in [1.29, 1.82) is 0 Å². The number of fused-ring (bicyclic) bond motifs is 1. The zero-order valence-corrected chi connectivity index (χ0v) is 10.7. The van der Waals surface area contributed by atoms with Gasteiger partial charge in [0, 0.05) is 26.3 Å². The molecule has 6 nitrogen and oxygen atoms in total. The Balaban J connectivity index is 1.91. The number of nitrogens with one attached hydrogen (secondary N) is 1. The van der Waals surface area contributed by atoms with Crippen LogP contribution in [0, 0.1) is 0 Å². The van der Waals surface area contributed by atoms with Crippen molar-refractivity contribution in [3.8, 4) is 0 Å². The van der Waals surface area contributed by atoms with Crippen LogP contribution in [-0.2, 0) is 0 Å². The Labute approximate surface area is 110 Å². The van der Waals surface area contributed by atoms with Crippen molar-refractivity contribution in [3.05, 3.63) is 36.2 Å². The van der Waals surface area contributed by atoms with Crippen molar-refractivity contribution in [3.63, 3.8) is 0 Å². The van der Waals surface area contributed by atoms with E-state index >= 15 is 0 Å². The zero-order valence-electron chi connectivity index (χ0n) is 10.7. The lowest BCUT2D eigenvalue weighted by atomic mass is 10.1. The lowest BCUT2D eigenvalue weighted by Crippen LogP contribution is -2.44. The van der Waals surface area contributed by atoms with E-state index in [1.807, 2.05) is 18.2 Å². The minimum absolute atomic E-state index is 0.117. The Kier molecular flexibility index (Phi) is 2.96. The second kappa shape index (κ2) is 4.64. The molecule has 3 heterocycles. The van der Waals surface area contributed by atoms with Gasteiger partial charge in [-0.1, -0.05) is 6.07 Å². The largest absolute Gasteiger partial charge is 0.390 e. The minimum atomic E-state index is -0.518.